The van der Waals surface area contributed by atoms with Gasteiger partial charge in [-0.2, -0.15) is 0 Å². The fourth-order valence-corrected chi connectivity index (χ4v) is 2.05. The van der Waals surface area contributed by atoms with Gasteiger partial charge in [0.25, 0.3) is 0 Å². The maximum Gasteiger partial charge on any atom is 0.190 e. The first kappa shape index (κ1) is 20.6. The van der Waals surface area contributed by atoms with Crippen molar-refractivity contribution in [3.05, 3.63) is 29.3 Å². The maximum atomic E-state index is 13.9. The van der Waals surface area contributed by atoms with Crippen LogP contribution >= 0.6 is 0 Å². The summed E-state index contributed by atoms with van der Waals surface area (Å²) < 4.78 is 38.3. The first-order valence-electron chi connectivity index (χ1n) is 8.55. The molecule has 1 aromatic rings. The van der Waals surface area contributed by atoms with E-state index in [1.54, 1.807) is 0 Å². The third-order valence-electron chi connectivity index (χ3n) is 3.75. The smallest absolute Gasteiger partial charge is 0.190 e. The van der Waals surface area contributed by atoms with Crippen molar-refractivity contribution >= 4 is 5.78 Å². The molecule has 0 saturated heterocycles. The lowest BCUT2D eigenvalue weighted by molar-refractivity contribution is -0.126. The summed E-state index contributed by atoms with van der Waals surface area (Å²) in [6.07, 6.45) is 2.27. The molecule has 0 radical (unpaired) electrons. The summed E-state index contributed by atoms with van der Waals surface area (Å²) in [5, 5.41) is 0. The number of Topliss-reactive ketones (excluding diaryl/α,β-unsaturated/α-hetero) is 1. The van der Waals surface area contributed by atoms with Gasteiger partial charge in [-0.3, -0.25) is 4.79 Å². The quantitative estimate of drug-likeness (QED) is 0.538. The first-order valence-corrected chi connectivity index (χ1v) is 8.55. The minimum absolute atomic E-state index is 0.00900. The first-order chi connectivity index (χ1) is 11.3. The van der Waals surface area contributed by atoms with Gasteiger partial charge in [0.2, 0.25) is 0 Å². The normalized spacial score (nSPS) is 11.3. The SMILES string of the molecule is CC(C)C(=O)COCCCCCOc1c(F)cc(C(C)C)cc1F. The van der Waals surface area contributed by atoms with Crippen molar-refractivity contribution in [3.8, 4) is 5.75 Å². The van der Waals surface area contributed by atoms with E-state index < -0.39 is 11.6 Å². The minimum atomic E-state index is -0.658. The van der Waals surface area contributed by atoms with Crippen molar-refractivity contribution < 1.29 is 23.0 Å². The van der Waals surface area contributed by atoms with Crippen LogP contribution in [0.5, 0.6) is 5.75 Å². The summed E-state index contributed by atoms with van der Waals surface area (Å²) >= 11 is 0. The van der Waals surface area contributed by atoms with Gasteiger partial charge in [0.15, 0.2) is 23.2 Å². The van der Waals surface area contributed by atoms with E-state index in [4.69, 9.17) is 9.47 Å². The molecule has 1 rings (SSSR count). The molecule has 0 amide bonds. The molecule has 5 heteroatoms. The number of rotatable bonds is 11. The molecule has 0 aliphatic carbocycles. The summed E-state index contributed by atoms with van der Waals surface area (Å²) in [7, 11) is 0. The number of ketones is 1. The number of hydrogen-bond acceptors (Lipinski definition) is 3. The van der Waals surface area contributed by atoms with Crippen LogP contribution in [0, 0.1) is 17.6 Å². The van der Waals surface area contributed by atoms with Crippen LogP contribution in [0.4, 0.5) is 8.78 Å². The molecular weight excluding hydrogens is 314 g/mol. The van der Waals surface area contributed by atoms with Gasteiger partial charge in [-0.1, -0.05) is 27.7 Å². The highest BCUT2D eigenvalue weighted by Gasteiger charge is 2.14. The molecule has 0 saturated carbocycles. The molecular formula is C19H28F2O3. The lowest BCUT2D eigenvalue weighted by Gasteiger charge is -2.12. The van der Waals surface area contributed by atoms with Crippen LogP contribution in [0.25, 0.3) is 0 Å². The van der Waals surface area contributed by atoms with Gasteiger partial charge in [-0.15, -0.1) is 0 Å². The highest BCUT2D eigenvalue weighted by Crippen LogP contribution is 2.27. The molecule has 0 fully saturated rings. The predicted octanol–water partition coefficient (Wildman–Crippen LogP) is 4.88. The van der Waals surface area contributed by atoms with E-state index in [0.29, 0.717) is 18.6 Å². The van der Waals surface area contributed by atoms with Crippen LogP contribution in [0.2, 0.25) is 0 Å². The van der Waals surface area contributed by atoms with Gasteiger partial charge in [0.1, 0.15) is 6.61 Å². The number of ether oxygens (including phenoxy) is 2. The van der Waals surface area contributed by atoms with Crippen molar-refractivity contribution in [1.82, 2.24) is 0 Å². The molecule has 0 aliphatic heterocycles. The minimum Gasteiger partial charge on any atom is -0.488 e. The average molecular weight is 342 g/mol. The fraction of sp³-hybridized carbons (Fsp3) is 0.632. The van der Waals surface area contributed by atoms with E-state index in [0.717, 1.165) is 12.8 Å². The van der Waals surface area contributed by atoms with Gasteiger partial charge in [-0.05, 0) is 42.9 Å². The summed E-state index contributed by atoms with van der Waals surface area (Å²) in [5.41, 5.74) is 0.616. The van der Waals surface area contributed by atoms with Crippen molar-refractivity contribution in [3.63, 3.8) is 0 Å². The Morgan fingerprint density at radius 1 is 1.00 bits per heavy atom. The van der Waals surface area contributed by atoms with Crippen LogP contribution in [-0.2, 0) is 9.53 Å². The predicted molar refractivity (Wildman–Crippen MR) is 90.5 cm³/mol. The molecule has 0 N–H and O–H groups in total. The Hall–Kier alpha value is -1.49. The number of unbranched alkanes of at least 4 members (excludes halogenated alkanes) is 2. The molecule has 0 bridgehead atoms. The second kappa shape index (κ2) is 10.4. The van der Waals surface area contributed by atoms with Gasteiger partial charge < -0.3 is 9.47 Å². The van der Waals surface area contributed by atoms with Crippen LogP contribution in [0.1, 0.15) is 58.4 Å². The van der Waals surface area contributed by atoms with Crippen molar-refractivity contribution in [2.45, 2.75) is 52.9 Å². The highest BCUT2D eigenvalue weighted by molar-refractivity contribution is 5.81. The Kier molecular flexibility index (Phi) is 8.90. The molecule has 1 aromatic carbocycles. The number of benzene rings is 1. The van der Waals surface area contributed by atoms with Gasteiger partial charge in [0, 0.05) is 12.5 Å². The van der Waals surface area contributed by atoms with E-state index >= 15 is 0 Å². The molecule has 0 aromatic heterocycles. The number of carbonyl (C=O) groups is 1. The van der Waals surface area contributed by atoms with Crippen LogP contribution in [0.15, 0.2) is 12.1 Å². The Morgan fingerprint density at radius 2 is 1.58 bits per heavy atom. The van der Waals surface area contributed by atoms with Crippen molar-refractivity contribution in [2.75, 3.05) is 19.8 Å². The Bertz CT molecular complexity index is 504. The lowest BCUT2D eigenvalue weighted by Crippen LogP contribution is -2.15. The molecule has 0 unspecified atom stereocenters. The zero-order chi connectivity index (χ0) is 18.1. The topological polar surface area (TPSA) is 35.5 Å². The molecule has 3 nitrogen and oxygen atoms in total. The third-order valence-corrected chi connectivity index (χ3v) is 3.75. The second-order valence-corrected chi connectivity index (χ2v) is 6.55. The van der Waals surface area contributed by atoms with E-state index in [1.165, 1.54) is 12.1 Å². The maximum absolute atomic E-state index is 13.9. The van der Waals surface area contributed by atoms with Gasteiger partial charge in [-0.25, -0.2) is 8.78 Å². The molecule has 0 heterocycles. The Morgan fingerprint density at radius 3 is 2.12 bits per heavy atom. The Balaban J connectivity index is 2.23. The van der Waals surface area contributed by atoms with Crippen LogP contribution in [0.3, 0.4) is 0 Å². The monoisotopic (exact) mass is 342 g/mol. The second-order valence-electron chi connectivity index (χ2n) is 6.55. The van der Waals surface area contributed by atoms with Crippen LogP contribution in [-0.4, -0.2) is 25.6 Å². The summed E-state index contributed by atoms with van der Waals surface area (Å²) in [6.45, 7) is 8.35. The fourth-order valence-electron chi connectivity index (χ4n) is 2.05. The zero-order valence-electron chi connectivity index (χ0n) is 15.0. The van der Waals surface area contributed by atoms with Gasteiger partial charge >= 0.3 is 0 Å². The average Bonchev–Trinajstić information content (AvgIpc) is 2.51. The van der Waals surface area contributed by atoms with E-state index in [-0.39, 0.29) is 36.6 Å². The summed E-state index contributed by atoms with van der Waals surface area (Å²) in [6, 6.07) is 2.64. The number of carbonyl (C=O) groups excluding carboxylic acids is 1. The largest absolute Gasteiger partial charge is 0.488 e. The molecule has 24 heavy (non-hydrogen) atoms. The van der Waals surface area contributed by atoms with Crippen molar-refractivity contribution in [2.24, 2.45) is 5.92 Å². The number of hydrogen-bond donors (Lipinski definition) is 0. The molecule has 0 spiro atoms. The Labute approximate surface area is 143 Å². The van der Waals surface area contributed by atoms with Crippen LogP contribution < -0.4 is 4.74 Å². The number of halogens is 2. The molecule has 0 aliphatic rings. The van der Waals surface area contributed by atoms with E-state index in [2.05, 4.69) is 0 Å². The van der Waals surface area contributed by atoms with E-state index in [9.17, 15) is 13.6 Å². The van der Waals surface area contributed by atoms with Gasteiger partial charge in [0.05, 0.1) is 6.61 Å². The summed E-state index contributed by atoms with van der Waals surface area (Å²) in [4.78, 5) is 11.3. The zero-order valence-corrected chi connectivity index (χ0v) is 15.0. The van der Waals surface area contributed by atoms with E-state index in [1.807, 2.05) is 27.7 Å². The molecule has 0 atom stereocenters. The highest BCUT2D eigenvalue weighted by atomic mass is 19.1. The standard InChI is InChI=1S/C19H28F2O3/c1-13(2)15-10-16(20)19(17(21)11-15)24-9-7-5-6-8-23-12-18(22)14(3)4/h10-11,13-14H,5-9,12H2,1-4H3. The summed E-state index contributed by atoms with van der Waals surface area (Å²) in [5.74, 6) is -1.48. The third kappa shape index (κ3) is 6.95. The lowest BCUT2D eigenvalue weighted by atomic mass is 10.0. The van der Waals surface area contributed by atoms with Crippen molar-refractivity contribution in [1.29, 1.82) is 0 Å². The molecule has 136 valence electrons.